The van der Waals surface area contributed by atoms with Gasteiger partial charge in [0.05, 0.1) is 11.6 Å². The Labute approximate surface area is 203 Å². The molecule has 5 heteroatoms. The second-order valence-corrected chi connectivity index (χ2v) is 10.4. The molecule has 2 N–H and O–H groups in total. The average molecular weight is 463 g/mol. The van der Waals surface area contributed by atoms with E-state index >= 15 is 0 Å². The van der Waals surface area contributed by atoms with Crippen LogP contribution in [0.2, 0.25) is 0 Å². The van der Waals surface area contributed by atoms with Crippen LogP contribution < -0.4 is 5.32 Å². The van der Waals surface area contributed by atoms with Crippen molar-refractivity contribution >= 4 is 5.97 Å². The monoisotopic (exact) mass is 462 g/mol. The number of hydrogen-bond donors (Lipinski definition) is 2. The molecule has 1 saturated carbocycles. The number of aromatic nitrogens is 1. The smallest absolute Gasteiger partial charge is 0.303 e. The van der Waals surface area contributed by atoms with Crippen LogP contribution in [-0.4, -0.2) is 34.3 Å². The Balaban J connectivity index is 1.53. The molecule has 4 rings (SSSR count). The van der Waals surface area contributed by atoms with Gasteiger partial charge in [0.2, 0.25) is 0 Å². The van der Waals surface area contributed by atoms with Crippen molar-refractivity contribution in [3.8, 4) is 0 Å². The molecule has 0 bridgehead atoms. The van der Waals surface area contributed by atoms with E-state index in [9.17, 15) is 9.90 Å². The SMILES string of the molecule is CC(=O)O[C@@H]1C[C@@]2(O)[C@H](C)CC[C@@H](C(C)CNC(c3ccccc3)c3cccnc3)[C@H]2C=C1C. The molecule has 1 heterocycles. The molecule has 1 aromatic carbocycles. The Morgan fingerprint density at radius 2 is 1.94 bits per heavy atom. The number of carbonyl (C=O) groups excluding carboxylic acids is 1. The lowest BCUT2D eigenvalue weighted by atomic mass is 9.57. The summed E-state index contributed by atoms with van der Waals surface area (Å²) in [7, 11) is 0. The Morgan fingerprint density at radius 1 is 1.21 bits per heavy atom. The molecule has 0 saturated heterocycles. The van der Waals surface area contributed by atoms with E-state index in [1.165, 1.54) is 12.5 Å². The largest absolute Gasteiger partial charge is 0.458 e. The van der Waals surface area contributed by atoms with Gasteiger partial charge in [-0.25, -0.2) is 0 Å². The van der Waals surface area contributed by atoms with E-state index in [4.69, 9.17) is 4.74 Å². The molecule has 2 unspecified atom stereocenters. The van der Waals surface area contributed by atoms with Gasteiger partial charge >= 0.3 is 5.97 Å². The van der Waals surface area contributed by atoms with Crippen molar-refractivity contribution in [3.05, 3.63) is 77.6 Å². The van der Waals surface area contributed by atoms with Gasteiger partial charge in [0.1, 0.15) is 6.10 Å². The minimum absolute atomic E-state index is 0.0634. The standard InChI is InChI=1S/C29H38N2O3/c1-19-15-26-25(13-12-21(3)29(26,33)16-27(19)34-22(4)32)20(2)17-31-28(23-9-6-5-7-10-23)24-11-8-14-30-18-24/h5-11,14-15,18,20-21,25-28,31,33H,12-13,16-17H2,1-4H3/t20?,21-,25+,26-,27-,28?,29-/m1/s1. The van der Waals surface area contributed by atoms with Crippen LogP contribution in [0, 0.1) is 23.7 Å². The molecule has 1 aromatic heterocycles. The van der Waals surface area contributed by atoms with Crippen molar-refractivity contribution in [1.29, 1.82) is 0 Å². The summed E-state index contributed by atoms with van der Waals surface area (Å²) >= 11 is 0. The fourth-order valence-corrected chi connectivity index (χ4v) is 6.07. The van der Waals surface area contributed by atoms with Gasteiger partial charge < -0.3 is 15.2 Å². The number of nitrogens with one attached hydrogen (secondary N) is 1. The van der Waals surface area contributed by atoms with Gasteiger partial charge in [0.15, 0.2) is 0 Å². The van der Waals surface area contributed by atoms with Crippen molar-refractivity contribution in [2.45, 2.75) is 64.7 Å². The summed E-state index contributed by atoms with van der Waals surface area (Å²) in [5.74, 6) is 0.658. The number of benzene rings is 1. The quantitative estimate of drug-likeness (QED) is 0.444. The number of rotatable bonds is 7. The molecule has 5 nitrogen and oxygen atoms in total. The van der Waals surface area contributed by atoms with Gasteiger partial charge in [-0.15, -0.1) is 0 Å². The highest BCUT2D eigenvalue weighted by Crippen LogP contribution is 2.51. The zero-order valence-electron chi connectivity index (χ0n) is 20.8. The minimum atomic E-state index is -0.848. The summed E-state index contributed by atoms with van der Waals surface area (Å²) < 4.78 is 5.55. The van der Waals surface area contributed by atoms with Crippen LogP contribution in [0.25, 0.3) is 0 Å². The van der Waals surface area contributed by atoms with Crippen molar-refractivity contribution in [2.24, 2.45) is 23.7 Å². The average Bonchev–Trinajstić information content (AvgIpc) is 2.82. The fraction of sp³-hybridized carbons (Fsp3) is 0.517. The van der Waals surface area contributed by atoms with Crippen molar-refractivity contribution in [3.63, 3.8) is 0 Å². The van der Waals surface area contributed by atoms with Crippen molar-refractivity contribution < 1.29 is 14.6 Å². The van der Waals surface area contributed by atoms with Crippen molar-refractivity contribution in [2.75, 3.05) is 6.54 Å². The van der Waals surface area contributed by atoms with E-state index in [1.807, 2.05) is 25.3 Å². The van der Waals surface area contributed by atoms with Gasteiger partial charge in [0, 0.05) is 31.7 Å². The van der Waals surface area contributed by atoms with E-state index in [-0.39, 0.29) is 30.0 Å². The lowest BCUT2D eigenvalue weighted by Gasteiger charge is -2.53. The van der Waals surface area contributed by atoms with Gasteiger partial charge in [-0.2, -0.15) is 0 Å². The number of carbonyl (C=O) groups is 1. The number of aliphatic hydroxyl groups is 1. The predicted molar refractivity (Wildman–Crippen MR) is 134 cm³/mol. The predicted octanol–water partition coefficient (Wildman–Crippen LogP) is 5.07. The van der Waals surface area contributed by atoms with Crippen LogP contribution in [0.15, 0.2) is 66.5 Å². The number of nitrogens with zero attached hydrogens (tertiary/aromatic N) is 1. The molecule has 0 spiro atoms. The molecular weight excluding hydrogens is 424 g/mol. The van der Waals surface area contributed by atoms with Crippen molar-refractivity contribution in [1.82, 2.24) is 10.3 Å². The van der Waals surface area contributed by atoms with Crippen LogP contribution in [0.3, 0.4) is 0 Å². The summed E-state index contributed by atoms with van der Waals surface area (Å²) in [6.45, 7) is 8.73. The second-order valence-electron chi connectivity index (χ2n) is 10.4. The van der Waals surface area contributed by atoms with E-state index in [0.29, 0.717) is 18.3 Å². The molecule has 7 atom stereocenters. The molecule has 0 radical (unpaired) electrons. The molecule has 1 fully saturated rings. The molecule has 0 amide bonds. The third-order valence-electron chi connectivity index (χ3n) is 8.12. The topological polar surface area (TPSA) is 71.5 Å². The fourth-order valence-electron chi connectivity index (χ4n) is 6.07. The molecule has 0 aliphatic heterocycles. The van der Waals surface area contributed by atoms with E-state index in [2.05, 4.69) is 60.6 Å². The van der Waals surface area contributed by atoms with E-state index in [1.54, 1.807) is 6.20 Å². The van der Waals surface area contributed by atoms with Crippen LogP contribution in [0.1, 0.15) is 64.1 Å². The third-order valence-corrected chi connectivity index (χ3v) is 8.12. The highest BCUT2D eigenvalue weighted by Gasteiger charge is 2.52. The van der Waals surface area contributed by atoms with Gasteiger partial charge in [-0.05, 0) is 66.8 Å². The van der Waals surface area contributed by atoms with Crippen LogP contribution in [0.5, 0.6) is 0 Å². The number of esters is 1. The lowest BCUT2D eigenvalue weighted by Crippen LogP contribution is -2.56. The van der Waals surface area contributed by atoms with Crippen LogP contribution >= 0.6 is 0 Å². The normalized spacial score (nSPS) is 30.6. The third kappa shape index (κ3) is 5.11. The molecule has 34 heavy (non-hydrogen) atoms. The highest BCUT2D eigenvalue weighted by molar-refractivity contribution is 5.66. The maximum Gasteiger partial charge on any atom is 0.303 e. The highest BCUT2D eigenvalue weighted by atomic mass is 16.5. The Hall–Kier alpha value is -2.50. The molecular formula is C29H38N2O3. The first-order valence-corrected chi connectivity index (χ1v) is 12.6. The lowest BCUT2D eigenvalue weighted by molar-refractivity contribution is -0.159. The summed E-state index contributed by atoms with van der Waals surface area (Å²) in [5, 5.41) is 15.7. The first-order chi connectivity index (χ1) is 16.3. The van der Waals surface area contributed by atoms with Gasteiger partial charge in [0.25, 0.3) is 0 Å². The Kier molecular flexibility index (Phi) is 7.54. The number of fused-ring (bicyclic) bond motifs is 1. The molecule has 2 aromatic rings. The summed E-state index contributed by atoms with van der Waals surface area (Å²) in [5.41, 5.74) is 2.57. The number of ether oxygens (including phenoxy) is 1. The van der Waals surface area contributed by atoms with Crippen LogP contribution in [0.4, 0.5) is 0 Å². The Morgan fingerprint density at radius 3 is 2.62 bits per heavy atom. The molecule has 2 aliphatic rings. The first kappa shape index (κ1) is 24.6. The van der Waals surface area contributed by atoms with Gasteiger partial charge in [-0.3, -0.25) is 9.78 Å². The van der Waals surface area contributed by atoms with E-state index in [0.717, 1.165) is 30.5 Å². The maximum absolute atomic E-state index is 11.8. The molecule has 182 valence electrons. The summed E-state index contributed by atoms with van der Waals surface area (Å²) in [4.78, 5) is 16.0. The minimum Gasteiger partial charge on any atom is -0.458 e. The van der Waals surface area contributed by atoms with E-state index < -0.39 is 5.60 Å². The first-order valence-electron chi connectivity index (χ1n) is 12.6. The second kappa shape index (κ2) is 10.4. The molecule has 2 aliphatic carbocycles. The zero-order chi connectivity index (χ0) is 24.3. The van der Waals surface area contributed by atoms with Gasteiger partial charge in [-0.1, -0.05) is 56.3 Å². The summed E-state index contributed by atoms with van der Waals surface area (Å²) in [6, 6.07) is 14.6. The summed E-state index contributed by atoms with van der Waals surface area (Å²) in [6.07, 6.45) is 8.15. The number of hydrogen-bond acceptors (Lipinski definition) is 5. The maximum atomic E-state index is 11.8. The Bertz CT molecular complexity index is 953. The van der Waals surface area contributed by atoms with Crippen LogP contribution in [-0.2, 0) is 9.53 Å². The zero-order valence-corrected chi connectivity index (χ0v) is 20.8. The number of pyridine rings is 1.